The lowest BCUT2D eigenvalue weighted by Crippen LogP contribution is -2.61. The molecule has 1 aliphatic rings. The number of carbonyl (C=O) groups excluding carboxylic acids is 3. The fourth-order valence-corrected chi connectivity index (χ4v) is 3.65. The van der Waals surface area contributed by atoms with Gasteiger partial charge in [0.05, 0.1) is 6.61 Å². The van der Waals surface area contributed by atoms with E-state index in [1.54, 1.807) is 45.9 Å². The zero-order valence-corrected chi connectivity index (χ0v) is 18.7. The summed E-state index contributed by atoms with van der Waals surface area (Å²) in [5.74, 6) is -1.27. The van der Waals surface area contributed by atoms with Crippen LogP contribution >= 0.6 is 0 Å². The Labute approximate surface area is 180 Å². The summed E-state index contributed by atoms with van der Waals surface area (Å²) in [6, 6.07) is -0.891. The second kappa shape index (κ2) is 11.0. The SMILES string of the molecule is C=CCC[C@@H](NC(=O)OC(C)(C)C)C(=O)N[C@@]1(C(=O)OCC)C[C@@H](C=C)C[C@H]1C=C. The summed E-state index contributed by atoms with van der Waals surface area (Å²) in [4.78, 5) is 38.4. The minimum atomic E-state index is -1.25. The summed E-state index contributed by atoms with van der Waals surface area (Å²) in [6.45, 7) is 18.5. The van der Waals surface area contributed by atoms with Crippen LogP contribution in [0, 0.1) is 11.8 Å². The summed E-state index contributed by atoms with van der Waals surface area (Å²) >= 11 is 0. The minimum absolute atomic E-state index is 0.0307. The van der Waals surface area contributed by atoms with Gasteiger partial charge in [-0.05, 0) is 59.3 Å². The molecule has 1 aliphatic carbocycles. The standard InChI is InChI=1S/C23H36N2O5/c1-8-12-13-18(24-21(28)30-22(5,6)7)19(26)25-23(20(27)29-11-4)15-16(9-2)14-17(23)10-3/h8-10,16-18H,1-3,11-15H2,4-7H3,(H,24,28)(H,25,26)/t16-,17+,18+,23-/m0/s1. The molecule has 0 aromatic heterocycles. The molecular formula is C23H36N2O5. The van der Waals surface area contributed by atoms with Crippen molar-refractivity contribution in [3.8, 4) is 0 Å². The van der Waals surface area contributed by atoms with E-state index < -0.39 is 35.2 Å². The van der Waals surface area contributed by atoms with Crippen LogP contribution < -0.4 is 10.6 Å². The highest BCUT2D eigenvalue weighted by molar-refractivity contribution is 5.92. The average molecular weight is 421 g/mol. The van der Waals surface area contributed by atoms with Gasteiger partial charge in [-0.1, -0.05) is 18.2 Å². The van der Waals surface area contributed by atoms with Crippen LogP contribution in [0.3, 0.4) is 0 Å². The monoisotopic (exact) mass is 420 g/mol. The molecule has 0 bridgehead atoms. The third kappa shape index (κ3) is 6.75. The number of esters is 1. The van der Waals surface area contributed by atoms with Crippen LogP contribution in [0.4, 0.5) is 4.79 Å². The molecule has 0 saturated heterocycles. The van der Waals surface area contributed by atoms with Gasteiger partial charge in [-0.15, -0.1) is 19.7 Å². The summed E-state index contributed by atoms with van der Waals surface area (Å²) in [7, 11) is 0. The van der Waals surface area contributed by atoms with Gasteiger partial charge in [0, 0.05) is 5.92 Å². The summed E-state index contributed by atoms with van der Waals surface area (Å²) < 4.78 is 10.6. The summed E-state index contributed by atoms with van der Waals surface area (Å²) in [6.07, 6.45) is 6.21. The Morgan fingerprint density at radius 3 is 2.37 bits per heavy atom. The molecule has 0 heterocycles. The van der Waals surface area contributed by atoms with Crippen LogP contribution in [-0.2, 0) is 19.1 Å². The van der Waals surface area contributed by atoms with Gasteiger partial charge >= 0.3 is 12.1 Å². The van der Waals surface area contributed by atoms with Gasteiger partial charge in [-0.25, -0.2) is 9.59 Å². The van der Waals surface area contributed by atoms with Crippen molar-refractivity contribution in [3.05, 3.63) is 38.0 Å². The summed E-state index contributed by atoms with van der Waals surface area (Å²) in [5.41, 5.74) is -1.96. The van der Waals surface area contributed by atoms with Crippen LogP contribution in [0.15, 0.2) is 38.0 Å². The molecule has 0 spiro atoms. The molecule has 7 heteroatoms. The number of hydrogen-bond donors (Lipinski definition) is 2. The van der Waals surface area contributed by atoms with Gasteiger partial charge in [-0.2, -0.15) is 0 Å². The molecule has 2 N–H and O–H groups in total. The molecule has 1 fully saturated rings. The fraction of sp³-hybridized carbons (Fsp3) is 0.609. The third-order valence-electron chi connectivity index (χ3n) is 5.04. The first-order valence-corrected chi connectivity index (χ1v) is 10.4. The van der Waals surface area contributed by atoms with E-state index in [-0.39, 0.29) is 18.4 Å². The predicted octanol–water partition coefficient (Wildman–Crippen LogP) is 3.66. The first-order chi connectivity index (χ1) is 14.0. The summed E-state index contributed by atoms with van der Waals surface area (Å²) in [5, 5.41) is 5.49. The molecule has 0 radical (unpaired) electrons. The number of hydrogen-bond acceptors (Lipinski definition) is 5. The Hall–Kier alpha value is -2.57. The molecule has 30 heavy (non-hydrogen) atoms. The van der Waals surface area contributed by atoms with Crippen molar-refractivity contribution >= 4 is 18.0 Å². The molecule has 1 saturated carbocycles. The number of ether oxygens (including phenoxy) is 2. The molecule has 0 aromatic carbocycles. The minimum Gasteiger partial charge on any atom is -0.464 e. The van der Waals surface area contributed by atoms with Crippen LogP contribution in [0.1, 0.15) is 53.4 Å². The maximum Gasteiger partial charge on any atom is 0.408 e. The Morgan fingerprint density at radius 1 is 1.20 bits per heavy atom. The van der Waals surface area contributed by atoms with Crippen molar-refractivity contribution in [2.24, 2.45) is 11.8 Å². The molecule has 0 aromatic rings. The largest absolute Gasteiger partial charge is 0.464 e. The molecule has 168 valence electrons. The van der Waals surface area contributed by atoms with E-state index in [0.717, 1.165) is 0 Å². The Kier molecular flexibility index (Phi) is 9.33. The van der Waals surface area contributed by atoms with Gasteiger partial charge in [0.25, 0.3) is 0 Å². The zero-order chi connectivity index (χ0) is 22.9. The van der Waals surface area contributed by atoms with E-state index >= 15 is 0 Å². The normalized spacial score (nSPS) is 24.3. The van der Waals surface area contributed by atoms with Gasteiger partial charge in [0.2, 0.25) is 5.91 Å². The van der Waals surface area contributed by atoms with E-state index in [9.17, 15) is 14.4 Å². The van der Waals surface area contributed by atoms with Gasteiger partial charge in [0.15, 0.2) is 0 Å². The highest BCUT2D eigenvalue weighted by atomic mass is 16.6. The molecule has 4 atom stereocenters. The number of amides is 2. The fourth-order valence-electron chi connectivity index (χ4n) is 3.65. The van der Waals surface area contributed by atoms with Crippen molar-refractivity contribution in [2.45, 2.75) is 70.6 Å². The smallest absolute Gasteiger partial charge is 0.408 e. The zero-order valence-electron chi connectivity index (χ0n) is 18.7. The second-order valence-corrected chi connectivity index (χ2v) is 8.52. The van der Waals surface area contributed by atoms with E-state index in [2.05, 4.69) is 30.4 Å². The van der Waals surface area contributed by atoms with Crippen LogP contribution in [0.5, 0.6) is 0 Å². The highest BCUT2D eigenvalue weighted by Gasteiger charge is 2.53. The van der Waals surface area contributed by atoms with Crippen molar-refractivity contribution < 1.29 is 23.9 Å². The van der Waals surface area contributed by atoms with Crippen molar-refractivity contribution in [2.75, 3.05) is 6.61 Å². The van der Waals surface area contributed by atoms with Gasteiger partial charge in [-0.3, -0.25) is 4.79 Å². The quantitative estimate of drug-likeness (QED) is 0.415. The predicted molar refractivity (Wildman–Crippen MR) is 117 cm³/mol. The maximum atomic E-state index is 13.2. The third-order valence-corrected chi connectivity index (χ3v) is 5.04. The molecule has 0 unspecified atom stereocenters. The van der Waals surface area contributed by atoms with Crippen molar-refractivity contribution in [1.82, 2.24) is 10.6 Å². The van der Waals surface area contributed by atoms with Crippen molar-refractivity contribution in [3.63, 3.8) is 0 Å². The molecule has 7 nitrogen and oxygen atoms in total. The number of rotatable bonds is 10. The lowest BCUT2D eigenvalue weighted by atomic mass is 9.86. The molecule has 1 rings (SSSR count). The lowest BCUT2D eigenvalue weighted by Gasteiger charge is -2.34. The Morgan fingerprint density at radius 2 is 1.87 bits per heavy atom. The highest BCUT2D eigenvalue weighted by Crippen LogP contribution is 2.42. The van der Waals surface area contributed by atoms with Crippen LogP contribution in [0.2, 0.25) is 0 Å². The van der Waals surface area contributed by atoms with Gasteiger partial charge in [0.1, 0.15) is 17.2 Å². The van der Waals surface area contributed by atoms with E-state index in [4.69, 9.17) is 9.47 Å². The number of carbonyl (C=O) groups is 3. The van der Waals surface area contributed by atoms with E-state index in [1.807, 2.05) is 0 Å². The van der Waals surface area contributed by atoms with Crippen LogP contribution in [0.25, 0.3) is 0 Å². The second-order valence-electron chi connectivity index (χ2n) is 8.52. The number of nitrogens with one attached hydrogen (secondary N) is 2. The number of allylic oxidation sites excluding steroid dienone is 2. The van der Waals surface area contributed by atoms with Gasteiger partial charge < -0.3 is 20.1 Å². The first-order valence-electron chi connectivity index (χ1n) is 10.4. The van der Waals surface area contributed by atoms with E-state index in [1.165, 1.54) is 0 Å². The lowest BCUT2D eigenvalue weighted by molar-refractivity contribution is -0.154. The van der Waals surface area contributed by atoms with Crippen molar-refractivity contribution in [1.29, 1.82) is 0 Å². The number of alkyl carbamates (subject to hydrolysis) is 1. The first kappa shape index (κ1) is 25.5. The van der Waals surface area contributed by atoms with Crippen LogP contribution in [-0.4, -0.2) is 41.8 Å². The molecule has 0 aliphatic heterocycles. The Bertz CT molecular complexity index is 667. The maximum absolute atomic E-state index is 13.2. The molecular weight excluding hydrogens is 384 g/mol. The van der Waals surface area contributed by atoms with E-state index in [0.29, 0.717) is 25.7 Å². The Balaban J connectivity index is 3.14. The average Bonchev–Trinajstić information content (AvgIpc) is 3.02. The topological polar surface area (TPSA) is 93.7 Å². The molecule has 2 amide bonds.